The average Bonchev–Trinajstić information content (AvgIpc) is 3.84. The minimum Gasteiger partial charge on any atom is -0.497 e. The average molecular weight is 710 g/mol. The first-order valence-electron chi connectivity index (χ1n) is 17.1. The molecule has 0 fully saturated rings. The van der Waals surface area contributed by atoms with Gasteiger partial charge in [0.15, 0.2) is 0 Å². The molecule has 0 bridgehead atoms. The lowest BCUT2D eigenvalue weighted by Gasteiger charge is -2.26. The number of benzene rings is 4. The molecule has 9 nitrogen and oxygen atoms in total. The number of carboxylic acids is 1. The molecular weight excluding hydrogens is 671 g/mol. The van der Waals surface area contributed by atoms with Crippen molar-refractivity contribution < 1.29 is 19.4 Å². The maximum Gasteiger partial charge on any atom is 0.346 e. The summed E-state index contributed by atoms with van der Waals surface area (Å²) in [4.78, 5) is 13.7. The van der Waals surface area contributed by atoms with Crippen molar-refractivity contribution in [3.8, 4) is 28.8 Å². The minimum atomic E-state index is -1.28. The van der Waals surface area contributed by atoms with Gasteiger partial charge in [-0.25, -0.2) is 4.79 Å². The molecule has 6 rings (SSSR count). The van der Waals surface area contributed by atoms with Crippen LogP contribution in [-0.2, 0) is 11.3 Å². The third kappa shape index (κ3) is 7.90. The van der Waals surface area contributed by atoms with E-state index in [4.69, 9.17) is 9.47 Å². The van der Waals surface area contributed by atoms with Gasteiger partial charge in [0, 0.05) is 40.4 Å². The fraction of sp³-hybridized carbons (Fsp3) is 0.190. The summed E-state index contributed by atoms with van der Waals surface area (Å²) in [5.74, 6) is 0.314. The van der Waals surface area contributed by atoms with E-state index in [1.807, 2.05) is 60.7 Å². The van der Waals surface area contributed by atoms with E-state index in [9.17, 15) is 15.2 Å². The molecule has 0 aliphatic heterocycles. The Morgan fingerprint density at radius 2 is 1.42 bits per heavy atom. The molecule has 2 aromatic heterocycles. The van der Waals surface area contributed by atoms with Gasteiger partial charge in [-0.1, -0.05) is 50.5 Å². The number of carboxylic acid groups (broad SMARTS) is 1. The van der Waals surface area contributed by atoms with Crippen molar-refractivity contribution in [1.82, 2.24) is 13.3 Å². The summed E-state index contributed by atoms with van der Waals surface area (Å²) in [7, 11) is 3.33. The van der Waals surface area contributed by atoms with Crippen LogP contribution in [0.2, 0.25) is 0 Å². The fourth-order valence-electron chi connectivity index (χ4n) is 6.14. The normalized spacial score (nSPS) is 11.5. The summed E-state index contributed by atoms with van der Waals surface area (Å²) < 4.78 is 22.2. The van der Waals surface area contributed by atoms with E-state index in [1.54, 1.807) is 20.3 Å². The van der Waals surface area contributed by atoms with Gasteiger partial charge >= 0.3 is 5.97 Å². The second-order valence-electron chi connectivity index (χ2n) is 12.2. The van der Waals surface area contributed by atoms with Crippen LogP contribution < -0.4 is 14.4 Å². The summed E-state index contributed by atoms with van der Waals surface area (Å²) >= 11 is 1.07. The molecule has 0 unspecified atom stereocenters. The van der Waals surface area contributed by atoms with Gasteiger partial charge in [0.1, 0.15) is 34.2 Å². The Hall–Kier alpha value is -6.18. The summed E-state index contributed by atoms with van der Waals surface area (Å²) in [6, 6.07) is 34.2. The Bertz CT molecular complexity index is 2200. The Kier molecular flexibility index (Phi) is 11.4. The summed E-state index contributed by atoms with van der Waals surface area (Å²) in [6.45, 7) is 3.04. The molecule has 262 valence electrons. The topological polar surface area (TPSA) is 114 Å². The number of nitriles is 1. The molecule has 0 saturated heterocycles. The number of fused-ring (bicyclic) bond motifs is 1. The van der Waals surface area contributed by atoms with Crippen LogP contribution in [0.25, 0.3) is 40.5 Å². The number of aromatic nitrogens is 3. The molecule has 0 aliphatic rings. The quantitative estimate of drug-likeness (QED) is 0.0637. The van der Waals surface area contributed by atoms with Gasteiger partial charge in [0.25, 0.3) is 0 Å². The van der Waals surface area contributed by atoms with E-state index >= 15 is 0 Å². The van der Waals surface area contributed by atoms with Gasteiger partial charge in [0.05, 0.1) is 31.6 Å². The van der Waals surface area contributed by atoms with Gasteiger partial charge in [-0.2, -0.15) is 14.0 Å². The van der Waals surface area contributed by atoms with Crippen molar-refractivity contribution in [1.29, 1.82) is 5.26 Å². The zero-order chi connectivity index (χ0) is 36.5. The first kappa shape index (κ1) is 35.6. The second-order valence-corrected chi connectivity index (χ2v) is 12.7. The maximum absolute atomic E-state index is 11.5. The highest BCUT2D eigenvalue weighted by atomic mass is 32.1. The fourth-order valence-corrected chi connectivity index (χ4v) is 6.72. The van der Waals surface area contributed by atoms with Crippen molar-refractivity contribution in [2.75, 3.05) is 19.1 Å². The number of methoxy groups -OCH3 is 2. The first-order valence-corrected chi connectivity index (χ1v) is 17.8. The number of hydrogen-bond donors (Lipinski definition) is 1. The molecule has 6 aromatic rings. The largest absolute Gasteiger partial charge is 0.497 e. The highest BCUT2D eigenvalue weighted by Gasteiger charge is 2.18. The van der Waals surface area contributed by atoms with E-state index < -0.39 is 5.97 Å². The maximum atomic E-state index is 11.5. The van der Waals surface area contributed by atoms with Gasteiger partial charge in [0.2, 0.25) is 0 Å². The van der Waals surface area contributed by atoms with E-state index in [2.05, 4.69) is 73.7 Å². The van der Waals surface area contributed by atoms with Crippen LogP contribution in [-0.4, -0.2) is 38.6 Å². The summed E-state index contributed by atoms with van der Waals surface area (Å²) in [5, 5.41) is 18.7. The van der Waals surface area contributed by atoms with Crippen molar-refractivity contribution in [2.24, 2.45) is 0 Å². The summed E-state index contributed by atoms with van der Waals surface area (Å²) in [5.41, 5.74) is 8.51. The molecule has 10 heteroatoms. The Labute approximate surface area is 307 Å². The van der Waals surface area contributed by atoms with Crippen LogP contribution in [0.5, 0.6) is 11.5 Å². The number of unbranched alkanes of at least 4 members (excludes halogenated alkanes) is 3. The van der Waals surface area contributed by atoms with Gasteiger partial charge in [-0.05, 0) is 103 Å². The number of anilines is 3. The number of nitrogens with zero attached hydrogens (tertiary/aromatic N) is 5. The number of ether oxygens (including phenoxy) is 2. The van der Waals surface area contributed by atoms with E-state index in [0.29, 0.717) is 16.6 Å². The molecule has 0 atom stereocenters. The predicted molar refractivity (Wildman–Crippen MR) is 209 cm³/mol. The molecule has 0 amide bonds. The second kappa shape index (κ2) is 16.7. The molecule has 0 spiro atoms. The van der Waals surface area contributed by atoms with Crippen LogP contribution in [0.3, 0.4) is 0 Å². The van der Waals surface area contributed by atoms with Crippen LogP contribution in [0, 0.1) is 11.3 Å². The van der Waals surface area contributed by atoms with Crippen molar-refractivity contribution in [3.63, 3.8) is 0 Å². The van der Waals surface area contributed by atoms with Gasteiger partial charge in [-0.15, -0.1) is 0 Å². The van der Waals surface area contributed by atoms with E-state index in [0.717, 1.165) is 88.6 Å². The SMILES string of the molecule is CCCCCCn1c(/C=C/c2ccc(N(c3ccc(OC)cc3)c3ccc(OC)cc3)cc2)ccc1-c1ccc(/C=C(\C#N)C(=O)O)c2nsnc12. The van der Waals surface area contributed by atoms with Crippen molar-refractivity contribution in [2.45, 2.75) is 39.2 Å². The van der Waals surface area contributed by atoms with Crippen LogP contribution >= 0.6 is 11.7 Å². The smallest absolute Gasteiger partial charge is 0.346 e. The number of aliphatic carboxylic acids is 1. The molecule has 0 radical (unpaired) electrons. The van der Waals surface area contributed by atoms with Crippen molar-refractivity contribution >= 4 is 64.0 Å². The van der Waals surface area contributed by atoms with E-state index in [-0.39, 0.29) is 5.57 Å². The molecule has 0 aliphatic carbocycles. The van der Waals surface area contributed by atoms with Crippen LogP contribution in [0.1, 0.15) is 49.4 Å². The highest BCUT2D eigenvalue weighted by molar-refractivity contribution is 7.00. The predicted octanol–water partition coefficient (Wildman–Crippen LogP) is 10.4. The molecule has 0 saturated carbocycles. The zero-order valence-corrected chi connectivity index (χ0v) is 30.1. The third-order valence-electron chi connectivity index (χ3n) is 8.88. The molecule has 52 heavy (non-hydrogen) atoms. The molecule has 1 N–H and O–H groups in total. The third-order valence-corrected chi connectivity index (χ3v) is 9.41. The van der Waals surface area contributed by atoms with Gasteiger partial charge < -0.3 is 24.0 Å². The van der Waals surface area contributed by atoms with Crippen molar-refractivity contribution in [3.05, 3.63) is 119 Å². The monoisotopic (exact) mass is 709 g/mol. The lowest BCUT2D eigenvalue weighted by Crippen LogP contribution is -2.09. The zero-order valence-electron chi connectivity index (χ0n) is 29.3. The number of hydrogen-bond acceptors (Lipinski definition) is 8. The van der Waals surface area contributed by atoms with Crippen LogP contribution in [0.15, 0.2) is 103 Å². The number of carbonyl (C=O) groups is 1. The first-order chi connectivity index (χ1) is 25.4. The van der Waals surface area contributed by atoms with Gasteiger partial charge in [-0.3, -0.25) is 0 Å². The van der Waals surface area contributed by atoms with E-state index in [1.165, 1.54) is 12.5 Å². The lowest BCUT2D eigenvalue weighted by molar-refractivity contribution is -0.132. The summed E-state index contributed by atoms with van der Waals surface area (Å²) in [6.07, 6.45) is 10.1. The molecular formula is C42H39N5O4S. The molecule has 2 heterocycles. The lowest BCUT2D eigenvalue weighted by atomic mass is 10.0. The Morgan fingerprint density at radius 1 is 0.808 bits per heavy atom. The Morgan fingerprint density at radius 3 is 2.00 bits per heavy atom. The molecule has 4 aromatic carbocycles. The number of rotatable bonds is 15. The standard InChI is InChI=1S/C42H39N5O4S/c1-4-5-6-7-26-46-32(19-25-39(46)38-24-11-30(27-31(28-43)42(48)49)40-41(38)45-52-44-40)12-8-29-9-13-33(14-10-29)47(34-15-20-36(50-2)21-16-34)35-17-22-37(51-3)23-18-35/h8-25,27H,4-7,26H2,1-3H3,(H,48,49)/b12-8+,31-27+. The highest BCUT2D eigenvalue weighted by Crippen LogP contribution is 2.37. The minimum absolute atomic E-state index is 0.351. The Balaban J connectivity index is 1.32. The van der Waals surface area contributed by atoms with Crippen LogP contribution in [0.4, 0.5) is 17.1 Å².